The number of nitrogens with zero attached hydrogens (tertiary/aromatic N) is 1. The van der Waals surface area contributed by atoms with Crippen molar-refractivity contribution in [1.29, 1.82) is 0 Å². The predicted molar refractivity (Wildman–Crippen MR) is 115 cm³/mol. The summed E-state index contributed by atoms with van der Waals surface area (Å²) in [7, 11) is 1.50. The van der Waals surface area contributed by atoms with Gasteiger partial charge in [0.1, 0.15) is 11.6 Å². The molecule has 0 radical (unpaired) electrons. The van der Waals surface area contributed by atoms with Gasteiger partial charge in [-0.05, 0) is 41.2 Å². The number of aromatic nitrogens is 1. The number of ether oxygens (including phenoxy) is 2. The SMILES string of the molecule is COc1cc(-c2ccc(C3COc4ccc(CC(C)C(=O)O)cc4C3)cc2)c(F)cn1. The van der Waals surface area contributed by atoms with Crippen LogP contribution >= 0.6 is 0 Å². The first-order valence-corrected chi connectivity index (χ1v) is 10.2. The summed E-state index contributed by atoms with van der Waals surface area (Å²) < 4.78 is 25.3. The summed E-state index contributed by atoms with van der Waals surface area (Å²) in [5, 5.41) is 9.17. The number of pyridine rings is 1. The molecular formula is C25H24FNO4. The van der Waals surface area contributed by atoms with Gasteiger partial charge >= 0.3 is 5.97 Å². The maximum Gasteiger partial charge on any atom is 0.306 e. The van der Waals surface area contributed by atoms with Gasteiger partial charge in [0, 0.05) is 17.5 Å². The molecule has 2 atom stereocenters. The number of halogens is 1. The zero-order valence-electron chi connectivity index (χ0n) is 17.5. The van der Waals surface area contributed by atoms with Gasteiger partial charge in [-0.3, -0.25) is 4.79 Å². The molecule has 5 nitrogen and oxygen atoms in total. The molecular weight excluding hydrogens is 397 g/mol. The number of carbonyl (C=O) groups is 1. The number of aliphatic carboxylic acids is 1. The van der Waals surface area contributed by atoms with Gasteiger partial charge in [-0.25, -0.2) is 9.37 Å². The molecule has 0 saturated heterocycles. The second-order valence-electron chi connectivity index (χ2n) is 7.93. The molecule has 6 heteroatoms. The Balaban J connectivity index is 1.52. The lowest BCUT2D eigenvalue weighted by Crippen LogP contribution is -2.19. The fourth-order valence-electron chi connectivity index (χ4n) is 3.92. The Morgan fingerprint density at radius 3 is 2.74 bits per heavy atom. The molecule has 4 rings (SSSR count). The lowest BCUT2D eigenvalue weighted by Gasteiger charge is -2.26. The molecule has 2 unspecified atom stereocenters. The molecule has 3 aromatic rings. The lowest BCUT2D eigenvalue weighted by molar-refractivity contribution is -0.141. The van der Waals surface area contributed by atoms with E-state index in [0.717, 1.165) is 40.6 Å². The first-order valence-electron chi connectivity index (χ1n) is 10.2. The Bertz CT molecular complexity index is 1100. The van der Waals surface area contributed by atoms with Gasteiger partial charge in [-0.2, -0.15) is 0 Å². The first-order chi connectivity index (χ1) is 14.9. The molecule has 1 aliphatic rings. The molecule has 0 bridgehead atoms. The minimum Gasteiger partial charge on any atom is -0.493 e. The minimum absolute atomic E-state index is 0.172. The molecule has 0 fully saturated rings. The molecule has 0 amide bonds. The van der Waals surface area contributed by atoms with Crippen molar-refractivity contribution in [1.82, 2.24) is 4.98 Å². The van der Waals surface area contributed by atoms with Gasteiger partial charge in [0.15, 0.2) is 0 Å². The summed E-state index contributed by atoms with van der Waals surface area (Å²) >= 11 is 0. The molecule has 31 heavy (non-hydrogen) atoms. The third-order valence-electron chi connectivity index (χ3n) is 5.73. The number of methoxy groups -OCH3 is 1. The van der Waals surface area contributed by atoms with Gasteiger partial charge in [-0.1, -0.05) is 43.3 Å². The third-order valence-corrected chi connectivity index (χ3v) is 5.73. The number of fused-ring (bicyclic) bond motifs is 1. The van der Waals surface area contributed by atoms with Crippen molar-refractivity contribution in [3.8, 4) is 22.8 Å². The molecule has 0 spiro atoms. The van der Waals surface area contributed by atoms with Crippen molar-refractivity contribution >= 4 is 5.97 Å². The fraction of sp³-hybridized carbons (Fsp3) is 0.280. The van der Waals surface area contributed by atoms with E-state index in [1.165, 1.54) is 7.11 Å². The van der Waals surface area contributed by atoms with Crippen LogP contribution in [0.1, 0.15) is 29.5 Å². The van der Waals surface area contributed by atoms with Crippen LogP contribution < -0.4 is 9.47 Å². The van der Waals surface area contributed by atoms with Crippen LogP contribution in [0.5, 0.6) is 11.6 Å². The largest absolute Gasteiger partial charge is 0.493 e. The van der Waals surface area contributed by atoms with Crippen LogP contribution in [0.2, 0.25) is 0 Å². The molecule has 160 valence electrons. The number of carboxylic acids is 1. The summed E-state index contributed by atoms with van der Waals surface area (Å²) in [6.45, 7) is 2.28. The highest BCUT2D eigenvalue weighted by atomic mass is 19.1. The van der Waals surface area contributed by atoms with Crippen LogP contribution in [-0.2, 0) is 17.6 Å². The molecule has 2 heterocycles. The van der Waals surface area contributed by atoms with E-state index in [4.69, 9.17) is 14.6 Å². The minimum atomic E-state index is -0.796. The maximum atomic E-state index is 14.2. The summed E-state index contributed by atoms with van der Waals surface area (Å²) in [5.74, 6) is -0.234. The summed E-state index contributed by atoms with van der Waals surface area (Å²) in [5.41, 5.74) is 4.39. The number of benzene rings is 2. The van der Waals surface area contributed by atoms with Crippen molar-refractivity contribution in [2.24, 2.45) is 5.92 Å². The molecule has 1 N–H and O–H groups in total. The van der Waals surface area contributed by atoms with Gasteiger partial charge < -0.3 is 14.6 Å². The molecule has 1 aromatic heterocycles. The summed E-state index contributed by atoms with van der Waals surface area (Å²) in [6, 6.07) is 15.3. The number of rotatable bonds is 6. The fourth-order valence-corrected chi connectivity index (χ4v) is 3.92. The Morgan fingerprint density at radius 2 is 2.03 bits per heavy atom. The van der Waals surface area contributed by atoms with Crippen molar-refractivity contribution in [2.75, 3.05) is 13.7 Å². The van der Waals surface area contributed by atoms with Crippen molar-refractivity contribution in [3.63, 3.8) is 0 Å². The zero-order chi connectivity index (χ0) is 22.0. The molecule has 1 aliphatic heterocycles. The second kappa shape index (κ2) is 8.76. The standard InChI is InChI=1S/C25H24FNO4/c1-15(25(28)29)9-16-3-8-23-19(10-16)11-20(14-31-23)17-4-6-18(7-5-17)21-12-24(30-2)27-13-22(21)26/h3-8,10,12-13,15,20H,9,11,14H2,1-2H3,(H,28,29). The van der Waals surface area contributed by atoms with Crippen molar-refractivity contribution in [3.05, 3.63) is 77.2 Å². The van der Waals surface area contributed by atoms with Crippen LogP contribution in [0.25, 0.3) is 11.1 Å². The molecule has 0 aliphatic carbocycles. The van der Waals surface area contributed by atoms with E-state index in [2.05, 4.69) is 4.98 Å². The van der Waals surface area contributed by atoms with Crippen LogP contribution in [0, 0.1) is 11.7 Å². The maximum absolute atomic E-state index is 14.2. The van der Waals surface area contributed by atoms with Crippen LogP contribution in [0.3, 0.4) is 0 Å². The van der Waals surface area contributed by atoms with Crippen LogP contribution in [-0.4, -0.2) is 29.8 Å². The number of carboxylic acid groups (broad SMARTS) is 1. The van der Waals surface area contributed by atoms with Gasteiger partial charge in [0.2, 0.25) is 5.88 Å². The Hall–Kier alpha value is -3.41. The molecule has 2 aromatic carbocycles. The topological polar surface area (TPSA) is 68.7 Å². The van der Waals surface area contributed by atoms with E-state index in [1.54, 1.807) is 13.0 Å². The van der Waals surface area contributed by atoms with Gasteiger partial charge in [0.25, 0.3) is 0 Å². The normalized spacial score (nSPS) is 16.2. The van der Waals surface area contributed by atoms with Crippen molar-refractivity contribution < 1.29 is 23.8 Å². The van der Waals surface area contributed by atoms with E-state index in [-0.39, 0.29) is 5.92 Å². The third kappa shape index (κ3) is 4.53. The first kappa shape index (κ1) is 20.8. The quantitative estimate of drug-likeness (QED) is 0.615. The smallest absolute Gasteiger partial charge is 0.306 e. The predicted octanol–water partition coefficient (Wildman–Crippen LogP) is 4.88. The van der Waals surface area contributed by atoms with Crippen molar-refractivity contribution in [2.45, 2.75) is 25.7 Å². The van der Waals surface area contributed by atoms with E-state index >= 15 is 0 Å². The van der Waals surface area contributed by atoms with Gasteiger partial charge in [0.05, 0.1) is 25.8 Å². The Labute approximate surface area is 180 Å². The highest BCUT2D eigenvalue weighted by Gasteiger charge is 2.23. The van der Waals surface area contributed by atoms with E-state index < -0.39 is 17.7 Å². The average Bonchev–Trinajstić information content (AvgIpc) is 2.79. The van der Waals surface area contributed by atoms with Crippen LogP contribution in [0.4, 0.5) is 4.39 Å². The molecule has 0 saturated carbocycles. The van der Waals surface area contributed by atoms with Gasteiger partial charge in [-0.15, -0.1) is 0 Å². The zero-order valence-corrected chi connectivity index (χ0v) is 17.5. The highest BCUT2D eigenvalue weighted by Crippen LogP contribution is 2.34. The summed E-state index contributed by atoms with van der Waals surface area (Å²) in [4.78, 5) is 15.0. The number of hydrogen-bond donors (Lipinski definition) is 1. The highest BCUT2D eigenvalue weighted by molar-refractivity contribution is 5.70. The average molecular weight is 421 g/mol. The van der Waals surface area contributed by atoms with E-state index in [0.29, 0.717) is 24.5 Å². The Kier molecular flexibility index (Phi) is 5.89. The second-order valence-corrected chi connectivity index (χ2v) is 7.93. The van der Waals surface area contributed by atoms with E-state index in [9.17, 15) is 9.18 Å². The monoisotopic (exact) mass is 421 g/mol. The Morgan fingerprint density at radius 1 is 1.26 bits per heavy atom. The summed E-state index contributed by atoms with van der Waals surface area (Å²) in [6.07, 6.45) is 2.46. The lowest BCUT2D eigenvalue weighted by atomic mass is 9.88. The van der Waals surface area contributed by atoms with Crippen LogP contribution in [0.15, 0.2) is 54.7 Å². The number of hydrogen-bond acceptors (Lipinski definition) is 4. The van der Waals surface area contributed by atoms with E-state index in [1.807, 2.05) is 42.5 Å².